The number of rotatable bonds is 5. The van der Waals surface area contributed by atoms with E-state index in [4.69, 9.17) is 10.8 Å². The van der Waals surface area contributed by atoms with Gasteiger partial charge in [0.2, 0.25) is 0 Å². The summed E-state index contributed by atoms with van der Waals surface area (Å²) < 4.78 is 0. The van der Waals surface area contributed by atoms with E-state index in [1.807, 2.05) is 18.2 Å². The van der Waals surface area contributed by atoms with Crippen LogP contribution in [0.2, 0.25) is 0 Å². The fourth-order valence-electron chi connectivity index (χ4n) is 2.69. The summed E-state index contributed by atoms with van der Waals surface area (Å²) in [6, 6.07) is 6.26. The largest absolute Gasteiger partial charge is 0.399 e. The number of nitrogen functional groups attached to an aromatic ring is 1. The van der Waals surface area contributed by atoms with Crippen LogP contribution in [0.5, 0.6) is 0 Å². The van der Waals surface area contributed by atoms with Gasteiger partial charge in [-0.1, -0.05) is 0 Å². The predicted molar refractivity (Wildman–Crippen MR) is 80.6 cm³/mol. The van der Waals surface area contributed by atoms with Crippen LogP contribution in [0, 0.1) is 0 Å². The number of fused-ring (bicyclic) bond motifs is 1. The molecule has 0 radical (unpaired) electrons. The van der Waals surface area contributed by atoms with E-state index in [0.717, 1.165) is 35.4 Å². The van der Waals surface area contributed by atoms with Crippen molar-refractivity contribution in [2.24, 2.45) is 0 Å². The van der Waals surface area contributed by atoms with Crippen LogP contribution in [0.15, 0.2) is 24.5 Å². The molecule has 0 saturated heterocycles. The van der Waals surface area contributed by atoms with Crippen LogP contribution in [-0.2, 0) is 0 Å². The van der Waals surface area contributed by atoms with Gasteiger partial charge in [0.15, 0.2) is 0 Å². The Balaban J connectivity index is 2.02. The number of hydrogen-bond acceptors (Lipinski definition) is 5. The second-order valence-electron chi connectivity index (χ2n) is 5.33. The topological polar surface area (TPSA) is 75.3 Å². The van der Waals surface area contributed by atoms with Gasteiger partial charge in [-0.25, -0.2) is 9.97 Å². The molecule has 1 aromatic heterocycles. The molecule has 3 rings (SSSR count). The van der Waals surface area contributed by atoms with Crippen LogP contribution < -0.4 is 10.6 Å². The molecule has 0 unspecified atom stereocenters. The molecule has 1 aliphatic carbocycles. The third-order valence-electron chi connectivity index (χ3n) is 3.98. The number of hydrogen-bond donors (Lipinski definition) is 2. The fourth-order valence-corrected chi connectivity index (χ4v) is 2.69. The zero-order valence-corrected chi connectivity index (χ0v) is 11.5. The average Bonchev–Trinajstić information content (AvgIpc) is 2.40. The van der Waals surface area contributed by atoms with Crippen LogP contribution in [-0.4, -0.2) is 34.3 Å². The summed E-state index contributed by atoms with van der Waals surface area (Å²) in [6.07, 6.45) is 6.02. The molecule has 1 heterocycles. The first-order valence-corrected chi connectivity index (χ1v) is 7.17. The summed E-state index contributed by atoms with van der Waals surface area (Å²) in [5.41, 5.74) is 7.54. The van der Waals surface area contributed by atoms with Crippen molar-refractivity contribution in [1.29, 1.82) is 0 Å². The second-order valence-corrected chi connectivity index (χ2v) is 5.33. The molecule has 5 heteroatoms. The van der Waals surface area contributed by atoms with Gasteiger partial charge in [0, 0.05) is 30.3 Å². The van der Waals surface area contributed by atoms with Gasteiger partial charge in [-0.15, -0.1) is 0 Å². The Labute approximate surface area is 118 Å². The van der Waals surface area contributed by atoms with Crippen molar-refractivity contribution in [3.8, 4) is 0 Å². The SMILES string of the molecule is Nc1ccc2ncnc(N(CCCO)C3CCC3)c2c1. The van der Waals surface area contributed by atoms with Crippen molar-refractivity contribution in [3.05, 3.63) is 24.5 Å². The van der Waals surface area contributed by atoms with Crippen LogP contribution in [0.4, 0.5) is 11.5 Å². The van der Waals surface area contributed by atoms with E-state index in [-0.39, 0.29) is 6.61 Å². The highest BCUT2D eigenvalue weighted by Crippen LogP contribution is 2.32. The summed E-state index contributed by atoms with van der Waals surface area (Å²) in [6.45, 7) is 1.02. The Morgan fingerprint density at radius 3 is 2.85 bits per heavy atom. The number of nitrogens with zero attached hydrogens (tertiary/aromatic N) is 3. The summed E-state index contributed by atoms with van der Waals surface area (Å²) in [5.74, 6) is 0.945. The van der Waals surface area contributed by atoms with Gasteiger partial charge in [-0.2, -0.15) is 0 Å². The molecule has 3 N–H and O–H groups in total. The van der Waals surface area contributed by atoms with E-state index in [2.05, 4.69) is 14.9 Å². The van der Waals surface area contributed by atoms with Gasteiger partial charge in [-0.05, 0) is 43.9 Å². The quantitative estimate of drug-likeness (QED) is 0.814. The lowest BCUT2D eigenvalue weighted by molar-refractivity contribution is 0.282. The first kappa shape index (κ1) is 13.1. The lowest BCUT2D eigenvalue weighted by Crippen LogP contribution is -2.41. The zero-order valence-electron chi connectivity index (χ0n) is 11.5. The second kappa shape index (κ2) is 5.63. The van der Waals surface area contributed by atoms with Crippen LogP contribution in [0.1, 0.15) is 25.7 Å². The number of aromatic nitrogens is 2. The van der Waals surface area contributed by atoms with Crippen LogP contribution in [0.3, 0.4) is 0 Å². The van der Waals surface area contributed by atoms with Crippen molar-refractivity contribution in [2.45, 2.75) is 31.7 Å². The molecule has 1 saturated carbocycles. The first-order chi connectivity index (χ1) is 9.79. The van der Waals surface area contributed by atoms with Gasteiger partial charge < -0.3 is 15.7 Å². The summed E-state index contributed by atoms with van der Waals surface area (Å²) in [5, 5.41) is 10.1. The Morgan fingerprint density at radius 2 is 2.15 bits per heavy atom. The number of anilines is 2. The predicted octanol–water partition coefficient (Wildman–Crippen LogP) is 1.95. The maximum absolute atomic E-state index is 9.11. The Bertz CT molecular complexity index is 597. The lowest BCUT2D eigenvalue weighted by Gasteiger charge is -2.38. The van der Waals surface area contributed by atoms with Crippen molar-refractivity contribution in [1.82, 2.24) is 9.97 Å². The fraction of sp³-hybridized carbons (Fsp3) is 0.467. The molecular weight excluding hydrogens is 252 g/mol. The van der Waals surface area contributed by atoms with Gasteiger partial charge in [0.05, 0.1) is 5.52 Å². The van der Waals surface area contributed by atoms with Crippen LogP contribution in [0.25, 0.3) is 10.9 Å². The Hall–Kier alpha value is -1.88. The molecule has 0 bridgehead atoms. The molecule has 1 aliphatic rings. The van der Waals surface area contributed by atoms with Gasteiger partial charge in [0.1, 0.15) is 12.1 Å². The number of benzene rings is 1. The number of aliphatic hydroxyl groups excluding tert-OH is 1. The number of nitrogens with two attached hydrogens (primary N) is 1. The van der Waals surface area contributed by atoms with E-state index in [1.54, 1.807) is 6.33 Å². The lowest BCUT2D eigenvalue weighted by atomic mass is 9.91. The molecule has 2 aromatic rings. The minimum absolute atomic E-state index is 0.203. The molecule has 20 heavy (non-hydrogen) atoms. The molecular formula is C15H20N4O. The monoisotopic (exact) mass is 272 g/mol. The highest BCUT2D eigenvalue weighted by atomic mass is 16.3. The molecule has 0 atom stereocenters. The normalized spacial score (nSPS) is 15.2. The Kier molecular flexibility index (Phi) is 3.69. The smallest absolute Gasteiger partial charge is 0.140 e. The summed E-state index contributed by atoms with van der Waals surface area (Å²) >= 11 is 0. The first-order valence-electron chi connectivity index (χ1n) is 7.17. The van der Waals surface area contributed by atoms with E-state index >= 15 is 0 Å². The van der Waals surface area contributed by atoms with E-state index in [1.165, 1.54) is 19.3 Å². The van der Waals surface area contributed by atoms with Crippen molar-refractivity contribution < 1.29 is 5.11 Å². The Morgan fingerprint density at radius 1 is 1.30 bits per heavy atom. The van der Waals surface area contributed by atoms with E-state index in [0.29, 0.717) is 6.04 Å². The molecule has 1 aromatic carbocycles. The third-order valence-corrected chi connectivity index (χ3v) is 3.98. The standard InChI is InChI=1S/C15H20N4O/c16-11-5-6-14-13(9-11)15(18-10-17-14)19(7-2-8-20)12-3-1-4-12/h5-6,9-10,12,20H,1-4,7-8,16H2. The minimum atomic E-state index is 0.203. The van der Waals surface area contributed by atoms with Gasteiger partial charge in [-0.3, -0.25) is 0 Å². The average molecular weight is 272 g/mol. The summed E-state index contributed by atoms with van der Waals surface area (Å²) in [4.78, 5) is 11.1. The highest BCUT2D eigenvalue weighted by Gasteiger charge is 2.26. The van der Waals surface area contributed by atoms with Crippen molar-refractivity contribution in [2.75, 3.05) is 23.8 Å². The molecule has 0 amide bonds. The van der Waals surface area contributed by atoms with Crippen LogP contribution >= 0.6 is 0 Å². The maximum atomic E-state index is 9.11. The van der Waals surface area contributed by atoms with Crippen molar-refractivity contribution in [3.63, 3.8) is 0 Å². The molecule has 106 valence electrons. The summed E-state index contributed by atoms with van der Waals surface area (Å²) in [7, 11) is 0. The molecule has 0 spiro atoms. The van der Waals surface area contributed by atoms with Gasteiger partial charge in [0.25, 0.3) is 0 Å². The number of aliphatic hydroxyl groups is 1. The highest BCUT2D eigenvalue weighted by molar-refractivity contribution is 5.91. The molecule has 1 fully saturated rings. The molecule has 0 aliphatic heterocycles. The minimum Gasteiger partial charge on any atom is -0.399 e. The maximum Gasteiger partial charge on any atom is 0.140 e. The van der Waals surface area contributed by atoms with E-state index in [9.17, 15) is 0 Å². The van der Waals surface area contributed by atoms with Gasteiger partial charge >= 0.3 is 0 Å². The van der Waals surface area contributed by atoms with Crippen molar-refractivity contribution >= 4 is 22.4 Å². The van der Waals surface area contributed by atoms with E-state index < -0.39 is 0 Å². The third kappa shape index (κ3) is 2.41. The molecule has 5 nitrogen and oxygen atoms in total. The zero-order chi connectivity index (χ0) is 13.9.